The van der Waals surface area contributed by atoms with E-state index < -0.39 is 0 Å². The van der Waals surface area contributed by atoms with Gasteiger partial charge in [0.25, 0.3) is 0 Å². The Balaban J connectivity index is 2.12. The number of benzene rings is 1. The van der Waals surface area contributed by atoms with E-state index in [1.807, 2.05) is 6.07 Å². The Labute approximate surface area is 97.3 Å². The van der Waals surface area contributed by atoms with Gasteiger partial charge in [-0.1, -0.05) is 19.8 Å². The highest BCUT2D eigenvalue weighted by Gasteiger charge is 2.50. The molecule has 1 fully saturated rings. The molecule has 82 valence electrons. The van der Waals surface area contributed by atoms with Crippen LogP contribution in [0.15, 0.2) is 18.2 Å². The van der Waals surface area contributed by atoms with Crippen LogP contribution < -0.4 is 5.32 Å². The molecule has 16 heavy (non-hydrogen) atoms. The van der Waals surface area contributed by atoms with E-state index in [-0.39, 0.29) is 5.41 Å². The van der Waals surface area contributed by atoms with E-state index in [9.17, 15) is 0 Å². The molecule has 1 nitrogen and oxygen atoms in total. The molecule has 1 aliphatic carbocycles. The first-order chi connectivity index (χ1) is 7.55. The predicted octanol–water partition coefficient (Wildman–Crippen LogP) is 3.29. The van der Waals surface area contributed by atoms with Crippen molar-refractivity contribution in [3.63, 3.8) is 0 Å². The lowest BCUT2D eigenvalue weighted by atomic mass is 9.74. The van der Waals surface area contributed by atoms with E-state index >= 15 is 0 Å². The summed E-state index contributed by atoms with van der Waals surface area (Å²) in [5.74, 6) is 2.72. The molecule has 1 saturated carbocycles. The molecule has 2 aliphatic rings. The molecule has 0 radical (unpaired) electrons. The Hall–Kier alpha value is -1.42. The summed E-state index contributed by atoms with van der Waals surface area (Å²) in [4.78, 5) is 0. The van der Waals surface area contributed by atoms with Gasteiger partial charge in [0.2, 0.25) is 0 Å². The van der Waals surface area contributed by atoms with Crippen LogP contribution in [0, 0.1) is 12.3 Å². The minimum absolute atomic E-state index is 0.240. The topological polar surface area (TPSA) is 12.0 Å². The van der Waals surface area contributed by atoms with E-state index in [1.165, 1.54) is 30.5 Å². The van der Waals surface area contributed by atoms with Gasteiger partial charge in [-0.2, -0.15) is 0 Å². The molecule has 1 heterocycles. The highest BCUT2D eigenvalue weighted by Crippen LogP contribution is 2.53. The van der Waals surface area contributed by atoms with Crippen molar-refractivity contribution in [1.29, 1.82) is 0 Å². The molecule has 1 aromatic carbocycles. The summed E-state index contributed by atoms with van der Waals surface area (Å²) < 4.78 is 0. The zero-order valence-electron chi connectivity index (χ0n) is 9.93. The first kappa shape index (κ1) is 9.78. The largest absolute Gasteiger partial charge is 0.379 e. The first-order valence-corrected chi connectivity index (χ1v) is 5.94. The lowest BCUT2D eigenvalue weighted by Gasteiger charge is -2.39. The zero-order valence-corrected chi connectivity index (χ0v) is 9.93. The van der Waals surface area contributed by atoms with Gasteiger partial charge in [-0.05, 0) is 48.4 Å². The maximum Gasteiger partial charge on any atom is 0.0383 e. The Morgan fingerprint density at radius 3 is 2.69 bits per heavy atom. The maximum absolute atomic E-state index is 5.47. The van der Waals surface area contributed by atoms with E-state index in [1.54, 1.807) is 0 Å². The standard InChI is InChI=1S/C15H17N/c1-4-11-5-6-13-12(9-11)14(2,3)10-15(16-13)7-8-15/h1,5-6,9,16H,7-8,10H2,2-3H3. The Morgan fingerprint density at radius 2 is 2.06 bits per heavy atom. The number of hydrogen-bond donors (Lipinski definition) is 1. The zero-order chi connectivity index (χ0) is 11.4. The minimum atomic E-state index is 0.240. The van der Waals surface area contributed by atoms with Crippen LogP contribution >= 0.6 is 0 Å². The summed E-state index contributed by atoms with van der Waals surface area (Å²) in [6.45, 7) is 4.65. The van der Waals surface area contributed by atoms with Crippen LogP contribution in [0.3, 0.4) is 0 Å². The van der Waals surface area contributed by atoms with Crippen molar-refractivity contribution in [2.45, 2.75) is 44.1 Å². The van der Waals surface area contributed by atoms with Gasteiger partial charge in [0.05, 0.1) is 0 Å². The highest BCUT2D eigenvalue weighted by atomic mass is 15.0. The molecule has 1 N–H and O–H groups in total. The third-order valence-electron chi connectivity index (χ3n) is 3.95. The monoisotopic (exact) mass is 211 g/mol. The van der Waals surface area contributed by atoms with Gasteiger partial charge in [0.1, 0.15) is 0 Å². The molecule has 1 aromatic rings. The van der Waals surface area contributed by atoms with Gasteiger partial charge in [-0.25, -0.2) is 0 Å². The predicted molar refractivity (Wildman–Crippen MR) is 67.6 cm³/mol. The van der Waals surface area contributed by atoms with Crippen LogP contribution in [-0.4, -0.2) is 5.54 Å². The van der Waals surface area contributed by atoms with E-state index in [4.69, 9.17) is 6.42 Å². The molecule has 0 saturated heterocycles. The molecule has 1 spiro atoms. The van der Waals surface area contributed by atoms with Crippen LogP contribution in [0.4, 0.5) is 5.69 Å². The van der Waals surface area contributed by atoms with Gasteiger partial charge in [-0.3, -0.25) is 0 Å². The molecular formula is C15H17N. The fourth-order valence-electron chi connectivity index (χ4n) is 3.03. The molecule has 1 heteroatoms. The normalized spacial score (nSPS) is 23.1. The summed E-state index contributed by atoms with van der Waals surface area (Å²) in [6, 6.07) is 6.34. The lowest BCUT2D eigenvalue weighted by Crippen LogP contribution is -2.37. The van der Waals surface area contributed by atoms with Crippen LogP contribution in [-0.2, 0) is 5.41 Å². The van der Waals surface area contributed by atoms with Gasteiger partial charge >= 0.3 is 0 Å². The quantitative estimate of drug-likeness (QED) is 0.649. The molecule has 3 rings (SSSR count). The Bertz CT molecular complexity index is 487. The average molecular weight is 211 g/mol. The summed E-state index contributed by atoms with van der Waals surface area (Å²) in [5.41, 5.74) is 4.28. The van der Waals surface area contributed by atoms with Crippen molar-refractivity contribution >= 4 is 5.69 Å². The SMILES string of the molecule is C#Cc1ccc2c(c1)C(C)(C)CC1(CC1)N2. The van der Waals surface area contributed by atoms with Crippen LogP contribution in [0.25, 0.3) is 0 Å². The highest BCUT2D eigenvalue weighted by molar-refractivity contribution is 5.62. The fraction of sp³-hybridized carbons (Fsp3) is 0.467. The van der Waals surface area contributed by atoms with E-state index in [0.717, 1.165) is 5.56 Å². The second-order valence-corrected chi connectivity index (χ2v) is 5.87. The van der Waals surface area contributed by atoms with Crippen molar-refractivity contribution in [1.82, 2.24) is 0 Å². The number of rotatable bonds is 0. The second kappa shape index (κ2) is 2.83. The van der Waals surface area contributed by atoms with Crippen LogP contribution in [0.5, 0.6) is 0 Å². The Morgan fingerprint density at radius 1 is 1.31 bits per heavy atom. The van der Waals surface area contributed by atoms with Crippen molar-refractivity contribution in [2.75, 3.05) is 5.32 Å². The average Bonchev–Trinajstić information content (AvgIpc) is 2.96. The molecule has 1 aliphatic heterocycles. The summed E-state index contributed by atoms with van der Waals surface area (Å²) >= 11 is 0. The van der Waals surface area contributed by atoms with E-state index in [2.05, 4.69) is 37.2 Å². The van der Waals surface area contributed by atoms with Crippen LogP contribution in [0.2, 0.25) is 0 Å². The molecule has 0 atom stereocenters. The fourth-order valence-corrected chi connectivity index (χ4v) is 3.03. The smallest absolute Gasteiger partial charge is 0.0383 e. The summed E-state index contributed by atoms with van der Waals surface area (Å²) in [5, 5.41) is 3.69. The second-order valence-electron chi connectivity index (χ2n) is 5.87. The lowest BCUT2D eigenvalue weighted by molar-refractivity contribution is 0.411. The number of fused-ring (bicyclic) bond motifs is 1. The molecule has 0 unspecified atom stereocenters. The van der Waals surface area contributed by atoms with E-state index in [0.29, 0.717) is 5.54 Å². The summed E-state index contributed by atoms with van der Waals surface area (Å²) in [7, 11) is 0. The molecule has 0 bridgehead atoms. The number of hydrogen-bond acceptors (Lipinski definition) is 1. The third-order valence-corrected chi connectivity index (χ3v) is 3.95. The van der Waals surface area contributed by atoms with Gasteiger partial charge in [0, 0.05) is 16.8 Å². The molecule has 0 aromatic heterocycles. The number of nitrogens with one attached hydrogen (secondary N) is 1. The van der Waals surface area contributed by atoms with Gasteiger partial charge in [-0.15, -0.1) is 6.42 Å². The van der Waals surface area contributed by atoms with Crippen molar-refractivity contribution in [3.8, 4) is 12.3 Å². The Kier molecular flexibility index (Phi) is 1.73. The third kappa shape index (κ3) is 1.33. The maximum atomic E-state index is 5.47. The van der Waals surface area contributed by atoms with Crippen LogP contribution in [0.1, 0.15) is 44.2 Å². The molecular weight excluding hydrogens is 194 g/mol. The summed E-state index contributed by atoms with van der Waals surface area (Å²) in [6.07, 6.45) is 9.31. The number of terminal acetylenes is 1. The van der Waals surface area contributed by atoms with Gasteiger partial charge in [0.15, 0.2) is 0 Å². The molecule has 0 amide bonds. The first-order valence-electron chi connectivity index (χ1n) is 5.94. The van der Waals surface area contributed by atoms with Crippen molar-refractivity contribution < 1.29 is 0 Å². The van der Waals surface area contributed by atoms with Gasteiger partial charge < -0.3 is 5.32 Å². The number of anilines is 1. The van der Waals surface area contributed by atoms with Crippen molar-refractivity contribution in [3.05, 3.63) is 29.3 Å². The van der Waals surface area contributed by atoms with Crippen molar-refractivity contribution in [2.24, 2.45) is 0 Å². The minimum Gasteiger partial charge on any atom is -0.379 e.